The summed E-state index contributed by atoms with van der Waals surface area (Å²) in [5.74, 6) is 0. The highest BCUT2D eigenvalue weighted by Gasteiger charge is 2.26. The Morgan fingerprint density at radius 2 is 2.00 bits per heavy atom. The largest absolute Gasteiger partial charge is 0.444 e. The predicted octanol–water partition coefficient (Wildman–Crippen LogP) is 3.62. The molecule has 0 aromatic heterocycles. The van der Waals surface area contributed by atoms with Crippen LogP contribution >= 0.6 is 0 Å². The van der Waals surface area contributed by atoms with Gasteiger partial charge in [0, 0.05) is 12.1 Å². The normalized spacial score (nSPS) is 22.2. The molecule has 0 bridgehead atoms. The number of carbonyl (C=O) groups excluding carboxylic acids is 1. The fraction of sp³-hybridized carbons (Fsp3) is 0.611. The fourth-order valence-electron chi connectivity index (χ4n) is 2.76. The predicted molar refractivity (Wildman–Crippen MR) is 89.1 cm³/mol. The molecule has 2 unspecified atom stereocenters. The second kappa shape index (κ2) is 6.69. The lowest BCUT2D eigenvalue weighted by molar-refractivity contribution is 0.0490. The second-order valence-electron chi connectivity index (χ2n) is 7.22. The van der Waals surface area contributed by atoms with Crippen LogP contribution in [0.2, 0.25) is 0 Å². The number of piperidine rings is 1. The van der Waals surface area contributed by atoms with Crippen LogP contribution in [-0.2, 0) is 4.74 Å². The summed E-state index contributed by atoms with van der Waals surface area (Å²) >= 11 is 0. The highest BCUT2D eigenvalue weighted by molar-refractivity contribution is 5.68. The first-order chi connectivity index (χ1) is 10.2. The van der Waals surface area contributed by atoms with Crippen LogP contribution in [0.4, 0.5) is 4.79 Å². The Morgan fingerprint density at radius 3 is 2.64 bits per heavy atom. The van der Waals surface area contributed by atoms with Gasteiger partial charge in [0.15, 0.2) is 0 Å². The van der Waals surface area contributed by atoms with Crippen molar-refractivity contribution >= 4 is 6.09 Å². The van der Waals surface area contributed by atoms with Gasteiger partial charge in [0.25, 0.3) is 0 Å². The minimum Gasteiger partial charge on any atom is -0.444 e. The van der Waals surface area contributed by atoms with E-state index in [1.54, 1.807) is 0 Å². The van der Waals surface area contributed by atoms with E-state index in [0.717, 1.165) is 19.4 Å². The van der Waals surface area contributed by atoms with Crippen LogP contribution in [0, 0.1) is 13.8 Å². The quantitative estimate of drug-likeness (QED) is 0.877. The van der Waals surface area contributed by atoms with Crippen molar-refractivity contribution in [2.45, 2.75) is 65.1 Å². The number of hydrogen-bond donors (Lipinski definition) is 2. The van der Waals surface area contributed by atoms with Crippen molar-refractivity contribution in [2.75, 3.05) is 6.54 Å². The van der Waals surface area contributed by atoms with Crippen LogP contribution in [0.25, 0.3) is 0 Å². The van der Waals surface area contributed by atoms with E-state index in [4.69, 9.17) is 4.74 Å². The molecular weight excluding hydrogens is 276 g/mol. The molecule has 0 aliphatic carbocycles. The molecule has 1 aromatic rings. The molecule has 4 nitrogen and oxygen atoms in total. The van der Waals surface area contributed by atoms with Crippen molar-refractivity contribution in [3.05, 3.63) is 34.9 Å². The minimum absolute atomic E-state index is 0.155. The number of alkyl carbamates (subject to hydrolysis) is 1. The van der Waals surface area contributed by atoms with E-state index >= 15 is 0 Å². The lowest BCUT2D eigenvalue weighted by Gasteiger charge is -2.32. The van der Waals surface area contributed by atoms with Gasteiger partial charge in [-0.15, -0.1) is 0 Å². The number of rotatable bonds is 2. The van der Waals surface area contributed by atoms with Gasteiger partial charge in [0.2, 0.25) is 0 Å². The molecule has 1 amide bonds. The van der Waals surface area contributed by atoms with Crippen LogP contribution in [-0.4, -0.2) is 24.3 Å². The number of ether oxygens (including phenoxy) is 1. The van der Waals surface area contributed by atoms with Gasteiger partial charge >= 0.3 is 6.09 Å². The van der Waals surface area contributed by atoms with Crippen LogP contribution < -0.4 is 10.6 Å². The smallest absolute Gasteiger partial charge is 0.407 e. The summed E-state index contributed by atoms with van der Waals surface area (Å²) in [6, 6.07) is 7.02. The summed E-state index contributed by atoms with van der Waals surface area (Å²) in [5.41, 5.74) is 3.45. The standard InChI is InChI=1S/C18H28N2O2/c1-12-6-7-14(10-13(12)2)16-11-15(8-9-19-16)20-17(21)22-18(3,4)5/h6-7,10,15-16,19H,8-9,11H2,1-5H3,(H,20,21). The molecule has 2 rings (SSSR count). The highest BCUT2D eigenvalue weighted by Crippen LogP contribution is 2.25. The van der Waals surface area contributed by atoms with Crippen molar-refractivity contribution in [3.8, 4) is 0 Å². The zero-order chi connectivity index (χ0) is 16.3. The zero-order valence-corrected chi connectivity index (χ0v) is 14.3. The summed E-state index contributed by atoms with van der Waals surface area (Å²) in [6.45, 7) is 10.8. The number of nitrogens with one attached hydrogen (secondary N) is 2. The number of amides is 1. The minimum atomic E-state index is -0.454. The third-order valence-electron chi connectivity index (χ3n) is 4.06. The number of aryl methyl sites for hydroxylation is 2. The fourth-order valence-corrected chi connectivity index (χ4v) is 2.76. The SMILES string of the molecule is Cc1ccc(C2CC(NC(=O)OC(C)(C)C)CCN2)cc1C. The van der Waals surface area contributed by atoms with Gasteiger partial charge in [-0.05, 0) is 70.7 Å². The molecule has 122 valence electrons. The molecule has 1 heterocycles. The number of carbonyl (C=O) groups is 1. The topological polar surface area (TPSA) is 50.4 Å². The molecule has 0 radical (unpaired) electrons. The van der Waals surface area contributed by atoms with Gasteiger partial charge in [-0.3, -0.25) is 0 Å². The van der Waals surface area contributed by atoms with E-state index in [1.807, 2.05) is 20.8 Å². The van der Waals surface area contributed by atoms with Crippen molar-refractivity contribution in [1.29, 1.82) is 0 Å². The molecule has 22 heavy (non-hydrogen) atoms. The zero-order valence-electron chi connectivity index (χ0n) is 14.3. The maximum absolute atomic E-state index is 11.9. The molecular formula is C18H28N2O2. The Morgan fingerprint density at radius 1 is 1.27 bits per heavy atom. The van der Waals surface area contributed by atoms with Crippen molar-refractivity contribution < 1.29 is 9.53 Å². The highest BCUT2D eigenvalue weighted by atomic mass is 16.6. The summed E-state index contributed by atoms with van der Waals surface area (Å²) in [4.78, 5) is 11.9. The van der Waals surface area contributed by atoms with Crippen LogP contribution in [0.3, 0.4) is 0 Å². The molecule has 4 heteroatoms. The number of hydrogen-bond acceptors (Lipinski definition) is 3. The Hall–Kier alpha value is -1.55. The second-order valence-corrected chi connectivity index (χ2v) is 7.22. The molecule has 1 saturated heterocycles. The van der Waals surface area contributed by atoms with Gasteiger partial charge < -0.3 is 15.4 Å². The van der Waals surface area contributed by atoms with E-state index in [1.165, 1.54) is 16.7 Å². The van der Waals surface area contributed by atoms with E-state index in [-0.39, 0.29) is 18.2 Å². The van der Waals surface area contributed by atoms with Gasteiger partial charge in [-0.25, -0.2) is 4.79 Å². The van der Waals surface area contributed by atoms with Gasteiger partial charge in [-0.1, -0.05) is 18.2 Å². The lowest BCUT2D eigenvalue weighted by atomic mass is 9.92. The maximum Gasteiger partial charge on any atom is 0.407 e. The molecule has 1 fully saturated rings. The summed E-state index contributed by atoms with van der Waals surface area (Å²) in [6.07, 6.45) is 1.50. The Bertz CT molecular complexity index is 534. The molecule has 0 saturated carbocycles. The summed E-state index contributed by atoms with van der Waals surface area (Å²) in [7, 11) is 0. The van der Waals surface area contributed by atoms with Gasteiger partial charge in [0.1, 0.15) is 5.60 Å². The molecule has 1 aliphatic heterocycles. The first-order valence-electron chi connectivity index (χ1n) is 8.04. The molecule has 0 spiro atoms. The summed E-state index contributed by atoms with van der Waals surface area (Å²) in [5, 5.41) is 6.54. The van der Waals surface area contributed by atoms with Crippen molar-refractivity contribution in [1.82, 2.24) is 10.6 Å². The summed E-state index contributed by atoms with van der Waals surface area (Å²) < 4.78 is 5.35. The van der Waals surface area contributed by atoms with Crippen molar-refractivity contribution in [2.24, 2.45) is 0 Å². The van der Waals surface area contributed by atoms with E-state index < -0.39 is 5.60 Å². The third kappa shape index (κ3) is 4.73. The first kappa shape index (κ1) is 16.8. The van der Waals surface area contributed by atoms with E-state index in [2.05, 4.69) is 42.7 Å². The average molecular weight is 304 g/mol. The van der Waals surface area contributed by atoms with Gasteiger partial charge in [0.05, 0.1) is 0 Å². The molecule has 1 aromatic carbocycles. The van der Waals surface area contributed by atoms with Crippen LogP contribution in [0.1, 0.15) is 56.3 Å². The van der Waals surface area contributed by atoms with Crippen LogP contribution in [0.5, 0.6) is 0 Å². The maximum atomic E-state index is 11.9. The van der Waals surface area contributed by atoms with E-state index in [9.17, 15) is 4.79 Å². The monoisotopic (exact) mass is 304 g/mol. The van der Waals surface area contributed by atoms with Gasteiger partial charge in [-0.2, -0.15) is 0 Å². The Kier molecular flexibility index (Phi) is 5.12. The third-order valence-corrected chi connectivity index (χ3v) is 4.06. The van der Waals surface area contributed by atoms with E-state index in [0.29, 0.717) is 0 Å². The van der Waals surface area contributed by atoms with Crippen LogP contribution in [0.15, 0.2) is 18.2 Å². The lowest BCUT2D eigenvalue weighted by Crippen LogP contribution is -2.45. The Labute approximate surface area is 133 Å². The van der Waals surface area contributed by atoms with Crippen molar-refractivity contribution in [3.63, 3.8) is 0 Å². The first-order valence-corrected chi connectivity index (χ1v) is 8.04. The molecule has 2 atom stereocenters. The number of benzene rings is 1. The average Bonchev–Trinajstić information content (AvgIpc) is 2.40. The molecule has 1 aliphatic rings. The Balaban J connectivity index is 1.96. The molecule has 2 N–H and O–H groups in total.